The van der Waals surface area contributed by atoms with E-state index in [0.29, 0.717) is 10.7 Å². The average molecular weight is 374 g/mol. The number of nitrogens with one attached hydrogen (secondary N) is 1. The molecule has 4 rings (SSSR count). The monoisotopic (exact) mass is 373 g/mol. The minimum absolute atomic E-state index is 0.230. The van der Waals surface area contributed by atoms with Crippen LogP contribution in [0.5, 0.6) is 0 Å². The summed E-state index contributed by atoms with van der Waals surface area (Å²) in [6.07, 6.45) is 7.06. The Kier molecular flexibility index (Phi) is 4.73. The lowest BCUT2D eigenvalue weighted by molar-refractivity contribution is -0.111. The first-order valence-corrected chi connectivity index (χ1v) is 8.85. The van der Waals surface area contributed by atoms with Crippen molar-refractivity contribution < 1.29 is 4.79 Å². The smallest absolute Gasteiger partial charge is 0.248 e. The summed E-state index contributed by atoms with van der Waals surface area (Å²) in [7, 11) is 0. The fraction of sp³-hybridized carbons (Fsp3) is 0. The van der Waals surface area contributed by atoms with Crippen LogP contribution in [-0.4, -0.2) is 15.3 Å². The zero-order valence-electron chi connectivity index (χ0n) is 14.3. The second-order valence-electron chi connectivity index (χ2n) is 5.98. The van der Waals surface area contributed by atoms with Crippen LogP contribution in [-0.2, 0) is 4.79 Å². The van der Waals surface area contributed by atoms with Crippen molar-refractivity contribution >= 4 is 34.9 Å². The number of rotatable bonds is 4. The third-order valence-corrected chi connectivity index (χ3v) is 4.49. The molecule has 2 heterocycles. The molecule has 0 aliphatic rings. The first-order chi connectivity index (χ1) is 13.2. The minimum Gasteiger partial charge on any atom is -0.322 e. The summed E-state index contributed by atoms with van der Waals surface area (Å²) in [5, 5.41) is 3.53. The molecule has 0 spiro atoms. The van der Waals surface area contributed by atoms with E-state index in [1.165, 1.54) is 6.08 Å². The Labute approximate surface area is 161 Å². The lowest BCUT2D eigenvalue weighted by Gasteiger charge is -2.07. The molecule has 1 N–H and O–H groups in total. The summed E-state index contributed by atoms with van der Waals surface area (Å²) in [6, 6.07) is 20.8. The van der Waals surface area contributed by atoms with Crippen molar-refractivity contribution in [3.63, 3.8) is 0 Å². The SMILES string of the molecule is O=C(/C=C/c1ccccc1Cl)Nc1ccccc1-c1cn2ccccc2n1. The van der Waals surface area contributed by atoms with Crippen LogP contribution in [0.4, 0.5) is 5.69 Å². The predicted octanol–water partition coefficient (Wildman–Crippen LogP) is 5.31. The Bertz CT molecular complexity index is 1110. The van der Waals surface area contributed by atoms with Gasteiger partial charge >= 0.3 is 0 Å². The van der Waals surface area contributed by atoms with Gasteiger partial charge in [0.1, 0.15) is 5.65 Å². The van der Waals surface area contributed by atoms with E-state index in [4.69, 9.17) is 11.6 Å². The van der Waals surface area contributed by atoms with E-state index in [-0.39, 0.29) is 5.91 Å². The summed E-state index contributed by atoms with van der Waals surface area (Å²) in [4.78, 5) is 17.0. The zero-order valence-corrected chi connectivity index (χ0v) is 15.1. The molecule has 4 nitrogen and oxygen atoms in total. The molecule has 132 valence electrons. The highest BCUT2D eigenvalue weighted by atomic mass is 35.5. The maximum absolute atomic E-state index is 12.4. The number of carbonyl (C=O) groups is 1. The van der Waals surface area contributed by atoms with Gasteiger partial charge in [-0.2, -0.15) is 0 Å². The molecule has 0 radical (unpaired) electrons. The van der Waals surface area contributed by atoms with Crippen molar-refractivity contribution in [1.82, 2.24) is 9.38 Å². The van der Waals surface area contributed by atoms with Crippen molar-refractivity contribution in [3.05, 3.63) is 95.8 Å². The van der Waals surface area contributed by atoms with Crippen LogP contribution >= 0.6 is 11.6 Å². The van der Waals surface area contributed by atoms with Gasteiger partial charge < -0.3 is 9.72 Å². The van der Waals surface area contributed by atoms with Gasteiger partial charge in [-0.1, -0.05) is 54.1 Å². The van der Waals surface area contributed by atoms with E-state index in [2.05, 4.69) is 10.3 Å². The molecular weight excluding hydrogens is 358 g/mol. The Balaban J connectivity index is 1.59. The van der Waals surface area contributed by atoms with Crippen molar-refractivity contribution in [2.24, 2.45) is 0 Å². The third kappa shape index (κ3) is 3.76. The number of imidazole rings is 1. The van der Waals surface area contributed by atoms with Crippen LogP contribution in [0.2, 0.25) is 5.02 Å². The molecule has 0 unspecified atom stereocenters. The third-order valence-electron chi connectivity index (χ3n) is 4.14. The van der Waals surface area contributed by atoms with Crippen LogP contribution < -0.4 is 5.32 Å². The number of benzene rings is 2. The minimum atomic E-state index is -0.230. The van der Waals surface area contributed by atoms with Gasteiger partial charge in [-0.3, -0.25) is 4.79 Å². The molecule has 0 saturated heterocycles. The van der Waals surface area contributed by atoms with E-state index < -0.39 is 0 Å². The number of nitrogens with zero attached hydrogens (tertiary/aromatic N) is 2. The second-order valence-corrected chi connectivity index (χ2v) is 6.39. The number of amides is 1. The predicted molar refractivity (Wildman–Crippen MR) is 110 cm³/mol. The fourth-order valence-corrected chi connectivity index (χ4v) is 3.03. The van der Waals surface area contributed by atoms with E-state index in [1.54, 1.807) is 12.1 Å². The van der Waals surface area contributed by atoms with Crippen LogP contribution in [0.1, 0.15) is 5.56 Å². The number of hydrogen-bond acceptors (Lipinski definition) is 2. The molecule has 2 aromatic heterocycles. The highest BCUT2D eigenvalue weighted by Crippen LogP contribution is 2.27. The number of carbonyl (C=O) groups excluding carboxylic acids is 1. The lowest BCUT2D eigenvalue weighted by atomic mass is 10.1. The van der Waals surface area contributed by atoms with E-state index in [0.717, 1.165) is 22.5 Å². The first-order valence-electron chi connectivity index (χ1n) is 8.47. The highest BCUT2D eigenvalue weighted by molar-refractivity contribution is 6.32. The van der Waals surface area contributed by atoms with Gasteiger partial charge in [0, 0.05) is 29.1 Å². The molecule has 27 heavy (non-hydrogen) atoms. The maximum atomic E-state index is 12.4. The molecule has 0 aliphatic carbocycles. The molecule has 4 aromatic rings. The Hall–Kier alpha value is -3.37. The van der Waals surface area contributed by atoms with Gasteiger partial charge in [0.2, 0.25) is 5.91 Å². The van der Waals surface area contributed by atoms with Crippen LogP contribution in [0.15, 0.2) is 85.2 Å². The van der Waals surface area contributed by atoms with Gasteiger partial charge in [0.15, 0.2) is 0 Å². The second kappa shape index (κ2) is 7.48. The van der Waals surface area contributed by atoms with Crippen molar-refractivity contribution in [2.45, 2.75) is 0 Å². The van der Waals surface area contributed by atoms with Gasteiger partial charge in [-0.15, -0.1) is 0 Å². The molecule has 0 aliphatic heterocycles. The topological polar surface area (TPSA) is 46.4 Å². The number of hydrogen-bond donors (Lipinski definition) is 1. The van der Waals surface area contributed by atoms with Crippen LogP contribution in [0.3, 0.4) is 0 Å². The largest absolute Gasteiger partial charge is 0.322 e. The first kappa shape index (κ1) is 17.1. The Morgan fingerprint density at radius 1 is 1.00 bits per heavy atom. The normalized spacial score (nSPS) is 11.1. The molecule has 0 saturated carbocycles. The number of fused-ring (bicyclic) bond motifs is 1. The maximum Gasteiger partial charge on any atom is 0.248 e. The molecule has 5 heteroatoms. The molecule has 0 atom stereocenters. The summed E-state index contributed by atoms with van der Waals surface area (Å²) in [6.45, 7) is 0. The van der Waals surface area contributed by atoms with Gasteiger partial charge in [0.05, 0.1) is 11.4 Å². The van der Waals surface area contributed by atoms with E-state index in [1.807, 2.05) is 77.5 Å². The lowest BCUT2D eigenvalue weighted by Crippen LogP contribution is -2.08. The number of para-hydroxylation sites is 1. The van der Waals surface area contributed by atoms with Crippen molar-refractivity contribution in [3.8, 4) is 11.3 Å². The zero-order chi connectivity index (χ0) is 18.6. The summed E-state index contributed by atoms with van der Waals surface area (Å²) >= 11 is 6.12. The van der Waals surface area contributed by atoms with Crippen LogP contribution in [0, 0.1) is 0 Å². The average Bonchev–Trinajstić information content (AvgIpc) is 3.12. The van der Waals surface area contributed by atoms with E-state index in [9.17, 15) is 4.79 Å². The number of anilines is 1. The van der Waals surface area contributed by atoms with Crippen molar-refractivity contribution in [1.29, 1.82) is 0 Å². The molecule has 1 amide bonds. The number of halogens is 1. The van der Waals surface area contributed by atoms with Gasteiger partial charge in [-0.25, -0.2) is 4.98 Å². The van der Waals surface area contributed by atoms with E-state index >= 15 is 0 Å². The summed E-state index contributed by atoms with van der Waals surface area (Å²) in [5.74, 6) is -0.230. The van der Waals surface area contributed by atoms with Gasteiger partial charge in [0.25, 0.3) is 0 Å². The Morgan fingerprint density at radius 2 is 1.78 bits per heavy atom. The molecule has 0 fully saturated rings. The number of aromatic nitrogens is 2. The standard InChI is InChI=1S/C22H16ClN3O/c23-18-9-3-1-7-16(18)12-13-22(27)25-19-10-4-2-8-17(19)20-15-26-14-6-5-11-21(26)24-20/h1-15H,(H,25,27)/b13-12+. The fourth-order valence-electron chi connectivity index (χ4n) is 2.83. The summed E-state index contributed by atoms with van der Waals surface area (Å²) < 4.78 is 1.95. The van der Waals surface area contributed by atoms with Crippen molar-refractivity contribution in [2.75, 3.05) is 5.32 Å². The Morgan fingerprint density at radius 3 is 2.63 bits per heavy atom. The molecule has 0 bridgehead atoms. The summed E-state index contributed by atoms with van der Waals surface area (Å²) in [5.41, 5.74) is 4.01. The highest BCUT2D eigenvalue weighted by Gasteiger charge is 2.10. The number of pyridine rings is 1. The van der Waals surface area contributed by atoms with Crippen LogP contribution in [0.25, 0.3) is 23.0 Å². The molecule has 2 aromatic carbocycles. The molecular formula is C22H16ClN3O. The van der Waals surface area contributed by atoms with Gasteiger partial charge in [-0.05, 0) is 35.9 Å². The quantitative estimate of drug-likeness (QED) is 0.493.